The second-order valence-electron chi connectivity index (χ2n) is 5.98. The van der Waals surface area contributed by atoms with E-state index in [1.807, 2.05) is 0 Å². The van der Waals surface area contributed by atoms with Crippen molar-refractivity contribution in [1.82, 2.24) is 15.1 Å². The number of nitrogens with one attached hydrogen (secondary N) is 1. The highest BCUT2D eigenvalue weighted by Crippen LogP contribution is 2.28. The molecule has 1 aromatic carbocycles. The molecule has 0 spiro atoms. The highest BCUT2D eigenvalue weighted by molar-refractivity contribution is 5.39. The van der Waals surface area contributed by atoms with E-state index in [0.29, 0.717) is 6.04 Å². The molecule has 2 heterocycles. The number of hydrogen-bond donors (Lipinski definition) is 1. The van der Waals surface area contributed by atoms with E-state index in [9.17, 15) is 0 Å². The Bertz CT molecular complexity index is 628. The number of rotatable bonds is 4. The van der Waals surface area contributed by atoms with Crippen LogP contribution in [0.25, 0.3) is 0 Å². The molecule has 0 fully saturated rings. The largest absolute Gasteiger partial charge is 0.493 e. The first-order valence-corrected chi connectivity index (χ1v) is 7.52. The van der Waals surface area contributed by atoms with Crippen LogP contribution >= 0.6 is 0 Å². The SMILES string of the molecule is Cc1n[nH]c(C)c1[C@H](C)N(C)Cc1ccc2c(c1)CCO2. The molecule has 3 rings (SSSR count). The maximum atomic E-state index is 5.57. The summed E-state index contributed by atoms with van der Waals surface area (Å²) in [6.45, 7) is 8.14. The zero-order chi connectivity index (χ0) is 15.0. The van der Waals surface area contributed by atoms with Gasteiger partial charge in [-0.3, -0.25) is 10.00 Å². The molecule has 1 aromatic heterocycles. The van der Waals surface area contributed by atoms with E-state index in [4.69, 9.17) is 4.74 Å². The standard InChI is InChI=1S/C17H23N3O/c1-11-17(12(2)19-18-11)13(3)20(4)10-14-5-6-16-15(9-14)7-8-21-16/h5-6,9,13H,7-8,10H2,1-4H3,(H,18,19)/t13-/m0/s1. The predicted octanol–water partition coefficient (Wildman–Crippen LogP) is 3.15. The molecule has 0 unspecified atom stereocenters. The first-order chi connectivity index (χ1) is 10.1. The average molecular weight is 285 g/mol. The minimum Gasteiger partial charge on any atom is -0.493 e. The summed E-state index contributed by atoms with van der Waals surface area (Å²) >= 11 is 0. The van der Waals surface area contributed by atoms with Crippen LogP contribution in [-0.4, -0.2) is 28.8 Å². The summed E-state index contributed by atoms with van der Waals surface area (Å²) < 4.78 is 5.57. The second-order valence-corrected chi connectivity index (χ2v) is 5.98. The normalized spacial score (nSPS) is 15.1. The van der Waals surface area contributed by atoms with Crippen molar-refractivity contribution in [2.24, 2.45) is 0 Å². The van der Waals surface area contributed by atoms with Crippen LogP contribution in [-0.2, 0) is 13.0 Å². The van der Waals surface area contributed by atoms with Crippen molar-refractivity contribution >= 4 is 0 Å². The molecule has 0 saturated heterocycles. The molecule has 2 aromatic rings. The molecule has 0 aliphatic carbocycles. The Morgan fingerprint density at radius 3 is 2.90 bits per heavy atom. The van der Waals surface area contributed by atoms with Crippen molar-refractivity contribution in [3.05, 3.63) is 46.3 Å². The molecule has 4 nitrogen and oxygen atoms in total. The highest BCUT2D eigenvalue weighted by atomic mass is 16.5. The van der Waals surface area contributed by atoms with Gasteiger partial charge in [-0.25, -0.2) is 0 Å². The fourth-order valence-corrected chi connectivity index (χ4v) is 3.16. The number of aromatic amines is 1. The number of fused-ring (bicyclic) bond motifs is 1. The van der Waals surface area contributed by atoms with E-state index in [0.717, 1.165) is 36.7 Å². The summed E-state index contributed by atoms with van der Waals surface area (Å²) in [6.07, 6.45) is 1.03. The summed E-state index contributed by atoms with van der Waals surface area (Å²) in [5, 5.41) is 7.38. The Kier molecular flexibility index (Phi) is 3.72. The van der Waals surface area contributed by atoms with Crippen molar-refractivity contribution in [3.8, 4) is 5.75 Å². The maximum Gasteiger partial charge on any atom is 0.122 e. The van der Waals surface area contributed by atoms with Gasteiger partial charge in [-0.15, -0.1) is 0 Å². The minimum absolute atomic E-state index is 0.341. The van der Waals surface area contributed by atoms with Crippen LogP contribution in [0.5, 0.6) is 5.75 Å². The second kappa shape index (κ2) is 5.53. The van der Waals surface area contributed by atoms with Crippen LogP contribution in [0.4, 0.5) is 0 Å². The van der Waals surface area contributed by atoms with Crippen LogP contribution in [0.2, 0.25) is 0 Å². The van der Waals surface area contributed by atoms with Gasteiger partial charge >= 0.3 is 0 Å². The monoisotopic (exact) mass is 285 g/mol. The quantitative estimate of drug-likeness (QED) is 0.938. The van der Waals surface area contributed by atoms with Gasteiger partial charge in [0.2, 0.25) is 0 Å². The van der Waals surface area contributed by atoms with Crippen molar-refractivity contribution < 1.29 is 4.74 Å². The van der Waals surface area contributed by atoms with Gasteiger partial charge in [-0.05, 0) is 45.0 Å². The van der Waals surface area contributed by atoms with E-state index in [1.54, 1.807) is 0 Å². The Morgan fingerprint density at radius 1 is 1.38 bits per heavy atom. The molecule has 1 aliphatic heterocycles. The summed E-state index contributed by atoms with van der Waals surface area (Å²) in [6, 6.07) is 6.89. The van der Waals surface area contributed by atoms with Crippen molar-refractivity contribution in [1.29, 1.82) is 0 Å². The Labute approximate surface area is 126 Å². The molecule has 0 saturated carbocycles. The molecule has 21 heavy (non-hydrogen) atoms. The Morgan fingerprint density at radius 2 is 2.19 bits per heavy atom. The van der Waals surface area contributed by atoms with Crippen LogP contribution in [0.1, 0.15) is 41.0 Å². The third-order valence-corrected chi connectivity index (χ3v) is 4.45. The van der Waals surface area contributed by atoms with Gasteiger partial charge in [-0.2, -0.15) is 5.10 Å². The number of aromatic nitrogens is 2. The molecule has 1 N–H and O–H groups in total. The molecule has 0 bridgehead atoms. The number of benzene rings is 1. The summed E-state index contributed by atoms with van der Waals surface area (Å²) in [5.74, 6) is 1.05. The Hall–Kier alpha value is -1.81. The first kappa shape index (κ1) is 14.1. The lowest BCUT2D eigenvalue weighted by Gasteiger charge is -2.25. The van der Waals surface area contributed by atoms with Gasteiger partial charge in [0.1, 0.15) is 5.75 Å². The number of ether oxygens (including phenoxy) is 1. The zero-order valence-corrected chi connectivity index (χ0v) is 13.2. The van der Waals surface area contributed by atoms with Gasteiger partial charge in [0.25, 0.3) is 0 Å². The van der Waals surface area contributed by atoms with Gasteiger partial charge in [0, 0.05) is 30.3 Å². The van der Waals surface area contributed by atoms with E-state index in [-0.39, 0.29) is 0 Å². The molecular formula is C17H23N3O. The molecular weight excluding hydrogens is 262 g/mol. The third kappa shape index (κ3) is 2.68. The predicted molar refractivity (Wildman–Crippen MR) is 83.6 cm³/mol. The van der Waals surface area contributed by atoms with E-state index in [1.165, 1.54) is 16.7 Å². The molecule has 1 aliphatic rings. The van der Waals surface area contributed by atoms with E-state index >= 15 is 0 Å². The van der Waals surface area contributed by atoms with Gasteiger partial charge < -0.3 is 4.74 Å². The van der Waals surface area contributed by atoms with E-state index in [2.05, 4.69) is 61.1 Å². The van der Waals surface area contributed by atoms with Crippen molar-refractivity contribution in [3.63, 3.8) is 0 Å². The van der Waals surface area contributed by atoms with Gasteiger partial charge in [0.05, 0.1) is 12.3 Å². The molecule has 1 atom stereocenters. The van der Waals surface area contributed by atoms with E-state index < -0.39 is 0 Å². The lowest BCUT2D eigenvalue weighted by atomic mass is 10.0. The van der Waals surface area contributed by atoms with Crippen LogP contribution in [0.3, 0.4) is 0 Å². The van der Waals surface area contributed by atoms with Gasteiger partial charge in [-0.1, -0.05) is 12.1 Å². The third-order valence-electron chi connectivity index (χ3n) is 4.45. The molecule has 4 heteroatoms. The average Bonchev–Trinajstić information content (AvgIpc) is 3.04. The summed E-state index contributed by atoms with van der Waals surface area (Å²) in [4.78, 5) is 2.36. The highest BCUT2D eigenvalue weighted by Gasteiger charge is 2.19. The molecule has 0 radical (unpaired) electrons. The van der Waals surface area contributed by atoms with Gasteiger partial charge in [0.15, 0.2) is 0 Å². The van der Waals surface area contributed by atoms with Crippen LogP contribution in [0.15, 0.2) is 18.2 Å². The lowest BCUT2D eigenvalue weighted by Crippen LogP contribution is -2.22. The number of aryl methyl sites for hydroxylation is 2. The minimum atomic E-state index is 0.341. The number of hydrogen-bond acceptors (Lipinski definition) is 3. The summed E-state index contributed by atoms with van der Waals surface area (Å²) in [5.41, 5.74) is 6.24. The maximum absolute atomic E-state index is 5.57. The topological polar surface area (TPSA) is 41.2 Å². The Balaban J connectivity index is 1.75. The smallest absolute Gasteiger partial charge is 0.122 e. The van der Waals surface area contributed by atoms with Crippen LogP contribution in [0, 0.1) is 13.8 Å². The fraction of sp³-hybridized carbons (Fsp3) is 0.471. The fourth-order valence-electron chi connectivity index (χ4n) is 3.16. The zero-order valence-electron chi connectivity index (χ0n) is 13.2. The van der Waals surface area contributed by atoms with Crippen molar-refractivity contribution in [2.45, 2.75) is 39.8 Å². The number of nitrogens with zero attached hydrogens (tertiary/aromatic N) is 2. The molecule has 112 valence electrons. The molecule has 0 amide bonds. The first-order valence-electron chi connectivity index (χ1n) is 7.52. The lowest BCUT2D eigenvalue weighted by molar-refractivity contribution is 0.251. The van der Waals surface area contributed by atoms with Crippen molar-refractivity contribution in [2.75, 3.05) is 13.7 Å². The summed E-state index contributed by atoms with van der Waals surface area (Å²) in [7, 11) is 2.17. The van der Waals surface area contributed by atoms with Crippen LogP contribution < -0.4 is 4.74 Å². The number of H-pyrrole nitrogens is 1.